The van der Waals surface area contributed by atoms with Gasteiger partial charge in [0.25, 0.3) is 0 Å². The van der Waals surface area contributed by atoms with Crippen molar-refractivity contribution in [3.8, 4) is 33.8 Å². The van der Waals surface area contributed by atoms with E-state index in [4.69, 9.17) is 10.7 Å². The van der Waals surface area contributed by atoms with Crippen LogP contribution in [0.4, 0.5) is 10.1 Å². The molecule has 8 nitrogen and oxygen atoms in total. The van der Waals surface area contributed by atoms with Gasteiger partial charge < -0.3 is 10.7 Å². The molecule has 4 N–H and O–H groups in total. The molecule has 1 aromatic carbocycles. The summed E-state index contributed by atoms with van der Waals surface area (Å²) in [6, 6.07) is 10.6. The summed E-state index contributed by atoms with van der Waals surface area (Å²) >= 11 is 0. The molecular formula is C23H15FN8. The van der Waals surface area contributed by atoms with Gasteiger partial charge in [-0.15, -0.1) is 0 Å². The molecule has 0 saturated heterocycles. The summed E-state index contributed by atoms with van der Waals surface area (Å²) in [5.41, 5.74) is 11.5. The monoisotopic (exact) mass is 422 g/mol. The third-order valence-corrected chi connectivity index (χ3v) is 5.30. The van der Waals surface area contributed by atoms with Gasteiger partial charge >= 0.3 is 0 Å². The molecule has 0 radical (unpaired) electrons. The van der Waals surface area contributed by atoms with Gasteiger partial charge in [0, 0.05) is 64.7 Å². The molecule has 5 heterocycles. The smallest absolute Gasteiger partial charge is 0.160 e. The van der Waals surface area contributed by atoms with Crippen LogP contribution in [-0.2, 0) is 0 Å². The van der Waals surface area contributed by atoms with Gasteiger partial charge in [-0.3, -0.25) is 15.1 Å². The number of H-pyrrole nitrogens is 2. The summed E-state index contributed by atoms with van der Waals surface area (Å²) in [5.74, 6) is 0.128. The molecular weight excluding hydrogens is 407 g/mol. The van der Waals surface area contributed by atoms with Crippen LogP contribution in [0.15, 0.2) is 67.4 Å². The zero-order chi connectivity index (χ0) is 21.7. The van der Waals surface area contributed by atoms with E-state index >= 15 is 0 Å². The van der Waals surface area contributed by atoms with Gasteiger partial charge in [-0.2, -0.15) is 5.10 Å². The van der Waals surface area contributed by atoms with Crippen LogP contribution in [0.3, 0.4) is 0 Å². The molecule has 0 atom stereocenters. The maximum Gasteiger partial charge on any atom is 0.160 e. The fourth-order valence-electron chi connectivity index (χ4n) is 3.82. The van der Waals surface area contributed by atoms with Gasteiger partial charge in [-0.05, 0) is 24.3 Å². The Kier molecular flexibility index (Phi) is 3.94. The maximum absolute atomic E-state index is 14.8. The van der Waals surface area contributed by atoms with Crippen molar-refractivity contribution in [1.82, 2.24) is 35.1 Å². The minimum atomic E-state index is -0.398. The van der Waals surface area contributed by atoms with Crippen LogP contribution in [0.5, 0.6) is 0 Å². The van der Waals surface area contributed by atoms with Crippen LogP contribution in [0.1, 0.15) is 0 Å². The third-order valence-electron chi connectivity index (χ3n) is 5.30. The minimum absolute atomic E-state index is 0.380. The number of halogens is 1. The van der Waals surface area contributed by atoms with E-state index in [1.807, 2.05) is 18.2 Å². The number of imidazole rings is 1. The van der Waals surface area contributed by atoms with Crippen molar-refractivity contribution < 1.29 is 4.39 Å². The molecule has 5 aromatic heterocycles. The molecule has 0 bridgehead atoms. The molecule has 6 aromatic rings. The second-order valence-corrected chi connectivity index (χ2v) is 7.34. The Morgan fingerprint density at radius 1 is 0.906 bits per heavy atom. The van der Waals surface area contributed by atoms with E-state index in [0.717, 1.165) is 11.1 Å². The number of pyridine rings is 3. The van der Waals surface area contributed by atoms with Crippen LogP contribution in [-0.4, -0.2) is 35.1 Å². The van der Waals surface area contributed by atoms with Gasteiger partial charge in [0.15, 0.2) is 11.5 Å². The number of hydrogen-bond donors (Lipinski definition) is 3. The average Bonchev–Trinajstić information content (AvgIpc) is 3.42. The van der Waals surface area contributed by atoms with Crippen LogP contribution < -0.4 is 5.73 Å². The minimum Gasteiger partial charge on any atom is -0.397 e. The van der Waals surface area contributed by atoms with Crippen LogP contribution in [0, 0.1) is 5.82 Å². The summed E-state index contributed by atoms with van der Waals surface area (Å²) in [7, 11) is 0. The number of nitrogens with zero attached hydrogens (tertiary/aromatic N) is 5. The zero-order valence-electron chi connectivity index (χ0n) is 16.5. The predicted octanol–water partition coefficient (Wildman–Crippen LogP) is 4.35. The van der Waals surface area contributed by atoms with Crippen molar-refractivity contribution in [3.05, 3.63) is 73.2 Å². The number of aromatic amines is 2. The number of benzene rings is 1. The van der Waals surface area contributed by atoms with E-state index in [2.05, 4.69) is 30.1 Å². The lowest BCUT2D eigenvalue weighted by molar-refractivity contribution is 0.633. The number of nitrogens with one attached hydrogen (secondary N) is 2. The third kappa shape index (κ3) is 2.87. The second kappa shape index (κ2) is 6.95. The standard InChI is InChI=1S/C23H15FN8/c24-18-8-19-17(7-16(18)13-6-14(25)11-27-10-13)21(32-31-19)23-29-20-15(3-5-28-22(20)30-23)12-2-1-4-26-9-12/h1-11H,25H2,(H,31,32)(H,28,29,30). The summed E-state index contributed by atoms with van der Waals surface area (Å²) in [5, 5.41) is 7.99. The number of nitrogen functional groups attached to an aromatic ring is 1. The predicted molar refractivity (Wildman–Crippen MR) is 120 cm³/mol. The Labute approximate surface area is 180 Å². The Bertz CT molecular complexity index is 1600. The van der Waals surface area contributed by atoms with Crippen molar-refractivity contribution in [3.63, 3.8) is 0 Å². The first-order chi connectivity index (χ1) is 15.7. The molecule has 0 fully saturated rings. The Morgan fingerprint density at radius 3 is 2.66 bits per heavy atom. The Balaban J connectivity index is 1.54. The fraction of sp³-hybridized carbons (Fsp3) is 0. The lowest BCUT2D eigenvalue weighted by Gasteiger charge is -2.05. The van der Waals surface area contributed by atoms with Crippen LogP contribution in [0.2, 0.25) is 0 Å². The van der Waals surface area contributed by atoms with E-state index in [1.165, 1.54) is 12.3 Å². The van der Waals surface area contributed by atoms with Crippen LogP contribution in [0.25, 0.3) is 55.8 Å². The molecule has 0 aliphatic carbocycles. The molecule has 0 aliphatic heterocycles. The number of fused-ring (bicyclic) bond motifs is 2. The van der Waals surface area contributed by atoms with Gasteiger partial charge in [0.1, 0.15) is 17.0 Å². The highest BCUT2D eigenvalue weighted by Crippen LogP contribution is 2.33. The SMILES string of the molecule is Nc1cncc(-c2cc3c(-c4nc5c(-c6cccnc6)ccnc5[nH]4)n[nH]c3cc2F)c1. The van der Waals surface area contributed by atoms with Gasteiger partial charge in [0.2, 0.25) is 0 Å². The highest BCUT2D eigenvalue weighted by Gasteiger charge is 2.18. The van der Waals surface area contributed by atoms with E-state index < -0.39 is 5.82 Å². The molecule has 154 valence electrons. The summed E-state index contributed by atoms with van der Waals surface area (Å²) in [6.07, 6.45) is 8.31. The topological polar surface area (TPSA) is 122 Å². The van der Waals surface area contributed by atoms with Crippen molar-refractivity contribution >= 4 is 27.8 Å². The first-order valence-corrected chi connectivity index (χ1v) is 9.81. The lowest BCUT2D eigenvalue weighted by atomic mass is 10.0. The van der Waals surface area contributed by atoms with Crippen molar-refractivity contribution in [1.29, 1.82) is 0 Å². The molecule has 0 amide bonds. The quantitative estimate of drug-likeness (QED) is 0.390. The van der Waals surface area contributed by atoms with Crippen molar-refractivity contribution in [2.75, 3.05) is 5.73 Å². The normalized spacial score (nSPS) is 11.4. The Morgan fingerprint density at radius 2 is 1.81 bits per heavy atom. The fourth-order valence-corrected chi connectivity index (χ4v) is 3.82. The number of aromatic nitrogens is 7. The summed E-state index contributed by atoms with van der Waals surface area (Å²) in [4.78, 5) is 20.7. The molecule has 0 spiro atoms. The van der Waals surface area contributed by atoms with Crippen LogP contribution >= 0.6 is 0 Å². The highest BCUT2D eigenvalue weighted by atomic mass is 19.1. The van der Waals surface area contributed by atoms with Crippen molar-refractivity contribution in [2.45, 2.75) is 0 Å². The van der Waals surface area contributed by atoms with E-state index in [0.29, 0.717) is 50.4 Å². The first-order valence-electron chi connectivity index (χ1n) is 9.81. The second-order valence-electron chi connectivity index (χ2n) is 7.34. The summed E-state index contributed by atoms with van der Waals surface area (Å²) in [6.45, 7) is 0. The van der Waals surface area contributed by atoms with Gasteiger partial charge in [-0.25, -0.2) is 14.4 Å². The zero-order valence-corrected chi connectivity index (χ0v) is 16.5. The van der Waals surface area contributed by atoms with E-state index in [1.54, 1.807) is 36.9 Å². The number of anilines is 1. The number of rotatable bonds is 3. The average molecular weight is 422 g/mol. The number of nitrogens with two attached hydrogens (primary N) is 1. The first kappa shape index (κ1) is 18.1. The molecule has 9 heteroatoms. The van der Waals surface area contributed by atoms with E-state index in [-0.39, 0.29) is 0 Å². The lowest BCUT2D eigenvalue weighted by Crippen LogP contribution is -1.90. The maximum atomic E-state index is 14.8. The van der Waals surface area contributed by atoms with Gasteiger partial charge in [-0.1, -0.05) is 6.07 Å². The van der Waals surface area contributed by atoms with Gasteiger partial charge in [0.05, 0.1) is 11.2 Å². The highest BCUT2D eigenvalue weighted by molar-refractivity contribution is 5.97. The molecule has 0 saturated carbocycles. The molecule has 6 rings (SSSR count). The molecule has 32 heavy (non-hydrogen) atoms. The largest absolute Gasteiger partial charge is 0.397 e. The summed E-state index contributed by atoms with van der Waals surface area (Å²) < 4.78 is 14.8. The van der Waals surface area contributed by atoms with Crippen molar-refractivity contribution in [2.24, 2.45) is 0 Å². The Hall–Kier alpha value is -4.66. The molecule has 0 unspecified atom stereocenters. The molecule has 0 aliphatic rings. The van der Waals surface area contributed by atoms with E-state index in [9.17, 15) is 4.39 Å². The number of hydrogen-bond acceptors (Lipinski definition) is 6.